The lowest BCUT2D eigenvalue weighted by Gasteiger charge is -2.24. The molecule has 0 saturated carbocycles. The van der Waals surface area contributed by atoms with Crippen LogP contribution in [0.1, 0.15) is 6.92 Å². The Balaban J connectivity index is 1.91. The van der Waals surface area contributed by atoms with Crippen LogP contribution in [0.15, 0.2) is 88.7 Å². The number of nitrogens with zero attached hydrogens (tertiary/aromatic N) is 1. The molecule has 30 heavy (non-hydrogen) atoms. The van der Waals surface area contributed by atoms with Gasteiger partial charge in [0.05, 0.1) is 16.3 Å². The molecule has 1 N–H and O–H groups in total. The van der Waals surface area contributed by atoms with E-state index in [9.17, 15) is 13.2 Å². The predicted molar refractivity (Wildman–Crippen MR) is 124 cm³/mol. The van der Waals surface area contributed by atoms with Crippen molar-refractivity contribution in [3.63, 3.8) is 0 Å². The molecule has 3 rings (SSSR count). The summed E-state index contributed by atoms with van der Waals surface area (Å²) in [7, 11) is -3.97. The molecule has 0 spiro atoms. The van der Waals surface area contributed by atoms with Crippen molar-refractivity contribution >= 4 is 50.7 Å². The topological polar surface area (TPSA) is 66.5 Å². The summed E-state index contributed by atoms with van der Waals surface area (Å²) in [5.41, 5.74) is 1.06. The van der Waals surface area contributed by atoms with E-state index in [0.29, 0.717) is 16.4 Å². The van der Waals surface area contributed by atoms with Gasteiger partial charge in [-0.3, -0.25) is 9.10 Å². The highest BCUT2D eigenvalue weighted by Gasteiger charge is 2.27. The maximum atomic E-state index is 13.3. The first kappa shape index (κ1) is 22.2. The Morgan fingerprint density at radius 1 is 0.967 bits per heavy atom. The van der Waals surface area contributed by atoms with E-state index in [1.54, 1.807) is 48.2 Å². The molecule has 0 saturated heterocycles. The number of carbonyl (C=O) groups is 1. The van der Waals surface area contributed by atoms with Crippen LogP contribution in [0.25, 0.3) is 0 Å². The third-order valence-corrected chi connectivity index (χ3v) is 7.19. The lowest BCUT2D eigenvalue weighted by atomic mass is 10.3. The molecule has 0 aromatic heterocycles. The molecule has 0 aliphatic heterocycles. The highest BCUT2D eigenvalue weighted by Crippen LogP contribution is 2.28. The van der Waals surface area contributed by atoms with Crippen LogP contribution in [0.4, 0.5) is 11.4 Å². The number of para-hydroxylation sites is 2. The largest absolute Gasteiger partial charge is 0.323 e. The Morgan fingerprint density at radius 3 is 2.27 bits per heavy atom. The van der Waals surface area contributed by atoms with Crippen molar-refractivity contribution < 1.29 is 13.2 Å². The normalized spacial score (nSPS) is 11.1. The third kappa shape index (κ3) is 5.36. The molecule has 0 aliphatic carbocycles. The Morgan fingerprint density at radius 2 is 1.60 bits per heavy atom. The minimum absolute atomic E-state index is 0.0606. The number of carbonyl (C=O) groups excluding carboxylic acids is 1. The van der Waals surface area contributed by atoms with Gasteiger partial charge in [-0.2, -0.15) is 0 Å². The lowest BCUT2D eigenvalue weighted by molar-refractivity contribution is -0.114. The van der Waals surface area contributed by atoms with Gasteiger partial charge in [-0.05, 0) is 54.3 Å². The van der Waals surface area contributed by atoms with E-state index < -0.39 is 15.9 Å². The van der Waals surface area contributed by atoms with E-state index in [1.165, 1.54) is 24.3 Å². The Hall–Kier alpha value is -2.48. The fraction of sp³-hybridized carbons (Fsp3) is 0.136. The number of halogens is 1. The van der Waals surface area contributed by atoms with Crippen molar-refractivity contribution in [1.29, 1.82) is 0 Å². The molecule has 5 nitrogen and oxygen atoms in total. The summed E-state index contributed by atoms with van der Waals surface area (Å²) in [4.78, 5) is 13.8. The average Bonchev–Trinajstić information content (AvgIpc) is 2.74. The standard InChI is InChI=1S/C22H21ClN2O3S2/c1-2-29-21-11-7-6-10-20(21)24-22(26)16-25(18-8-4-3-5-9-18)30(27,28)19-14-12-17(23)13-15-19/h3-15H,2,16H2,1H3,(H,24,26). The van der Waals surface area contributed by atoms with E-state index in [4.69, 9.17) is 11.6 Å². The molecule has 3 aromatic carbocycles. The summed E-state index contributed by atoms with van der Waals surface area (Å²) in [6.45, 7) is 1.67. The summed E-state index contributed by atoms with van der Waals surface area (Å²) in [6.07, 6.45) is 0. The number of amides is 1. The zero-order valence-electron chi connectivity index (χ0n) is 16.3. The maximum Gasteiger partial charge on any atom is 0.264 e. The molecule has 0 unspecified atom stereocenters. The van der Waals surface area contributed by atoms with Crippen molar-refractivity contribution in [1.82, 2.24) is 0 Å². The number of sulfonamides is 1. The molecule has 8 heteroatoms. The van der Waals surface area contributed by atoms with Crippen LogP contribution in [-0.4, -0.2) is 26.6 Å². The van der Waals surface area contributed by atoms with Crippen molar-refractivity contribution in [3.8, 4) is 0 Å². The Kier molecular flexibility index (Phi) is 7.42. The molecular formula is C22H21ClN2O3S2. The molecule has 0 atom stereocenters. The van der Waals surface area contributed by atoms with Gasteiger partial charge in [0.25, 0.3) is 10.0 Å². The molecule has 1 amide bonds. The fourth-order valence-electron chi connectivity index (χ4n) is 2.81. The van der Waals surface area contributed by atoms with Crippen molar-refractivity contribution in [2.45, 2.75) is 16.7 Å². The van der Waals surface area contributed by atoms with Crippen LogP contribution in [0.5, 0.6) is 0 Å². The number of thioether (sulfide) groups is 1. The summed E-state index contributed by atoms with van der Waals surface area (Å²) in [6, 6.07) is 21.9. The number of rotatable bonds is 8. The van der Waals surface area contributed by atoms with E-state index >= 15 is 0 Å². The Bertz CT molecular complexity index is 1100. The first-order chi connectivity index (χ1) is 14.4. The molecule has 156 valence electrons. The van der Waals surface area contributed by atoms with E-state index in [2.05, 4.69) is 5.32 Å². The first-order valence-electron chi connectivity index (χ1n) is 9.27. The van der Waals surface area contributed by atoms with E-state index in [-0.39, 0.29) is 11.4 Å². The second-order valence-electron chi connectivity index (χ2n) is 6.28. The molecule has 0 bridgehead atoms. The van der Waals surface area contributed by atoms with Gasteiger partial charge in [-0.1, -0.05) is 48.9 Å². The molecule has 3 aromatic rings. The highest BCUT2D eigenvalue weighted by molar-refractivity contribution is 7.99. The quantitative estimate of drug-likeness (QED) is 0.464. The second kappa shape index (κ2) is 10.0. The van der Waals surface area contributed by atoms with Gasteiger partial charge in [0.1, 0.15) is 6.54 Å². The lowest BCUT2D eigenvalue weighted by Crippen LogP contribution is -2.38. The van der Waals surface area contributed by atoms with Crippen LogP contribution < -0.4 is 9.62 Å². The van der Waals surface area contributed by atoms with Crippen molar-refractivity contribution in [2.75, 3.05) is 21.9 Å². The summed E-state index contributed by atoms with van der Waals surface area (Å²) in [5.74, 6) is 0.425. The minimum Gasteiger partial charge on any atom is -0.323 e. The number of anilines is 2. The SMILES string of the molecule is CCSc1ccccc1NC(=O)CN(c1ccccc1)S(=O)(=O)c1ccc(Cl)cc1. The van der Waals surface area contributed by atoms with E-state index in [0.717, 1.165) is 15.0 Å². The minimum atomic E-state index is -3.97. The van der Waals surface area contributed by atoms with Gasteiger partial charge >= 0.3 is 0 Å². The van der Waals surface area contributed by atoms with Crippen LogP contribution in [0.3, 0.4) is 0 Å². The molecule has 0 heterocycles. The maximum absolute atomic E-state index is 13.3. The van der Waals surface area contributed by atoms with Crippen LogP contribution in [0, 0.1) is 0 Å². The molecule has 0 radical (unpaired) electrons. The van der Waals surface area contributed by atoms with Gasteiger partial charge in [0.15, 0.2) is 0 Å². The first-order valence-corrected chi connectivity index (χ1v) is 12.1. The van der Waals surface area contributed by atoms with Crippen LogP contribution in [0.2, 0.25) is 5.02 Å². The molecule has 0 fully saturated rings. The fourth-order valence-corrected chi connectivity index (χ4v) is 5.12. The Labute approximate surface area is 186 Å². The van der Waals surface area contributed by atoms with E-state index in [1.807, 2.05) is 25.1 Å². The van der Waals surface area contributed by atoms with Crippen molar-refractivity contribution in [3.05, 3.63) is 83.9 Å². The zero-order chi connectivity index (χ0) is 21.6. The van der Waals surface area contributed by atoms with Gasteiger partial charge in [0.2, 0.25) is 5.91 Å². The second-order valence-corrected chi connectivity index (χ2v) is 9.88. The van der Waals surface area contributed by atoms with Gasteiger partial charge in [0, 0.05) is 9.92 Å². The van der Waals surface area contributed by atoms with Crippen molar-refractivity contribution in [2.24, 2.45) is 0 Å². The number of nitrogens with one attached hydrogen (secondary N) is 1. The average molecular weight is 461 g/mol. The number of hydrogen-bond donors (Lipinski definition) is 1. The smallest absolute Gasteiger partial charge is 0.264 e. The highest BCUT2D eigenvalue weighted by atomic mass is 35.5. The summed E-state index contributed by atoms with van der Waals surface area (Å²) < 4.78 is 27.7. The van der Waals surface area contributed by atoms with Gasteiger partial charge < -0.3 is 5.32 Å². The van der Waals surface area contributed by atoms with Gasteiger partial charge in [-0.15, -0.1) is 11.8 Å². The van der Waals surface area contributed by atoms with Crippen LogP contribution >= 0.6 is 23.4 Å². The monoisotopic (exact) mass is 460 g/mol. The summed E-state index contributed by atoms with van der Waals surface area (Å²) >= 11 is 7.50. The number of hydrogen-bond acceptors (Lipinski definition) is 4. The zero-order valence-corrected chi connectivity index (χ0v) is 18.7. The molecule has 0 aliphatic rings. The third-order valence-electron chi connectivity index (χ3n) is 4.19. The summed E-state index contributed by atoms with van der Waals surface area (Å²) in [5, 5.41) is 3.27. The molecular weight excluding hydrogens is 440 g/mol. The van der Waals surface area contributed by atoms with Gasteiger partial charge in [-0.25, -0.2) is 8.42 Å². The van der Waals surface area contributed by atoms with Crippen LogP contribution in [-0.2, 0) is 14.8 Å². The predicted octanol–water partition coefficient (Wildman–Crippen LogP) is 5.29. The number of benzene rings is 3.